The van der Waals surface area contributed by atoms with Crippen molar-refractivity contribution in [3.8, 4) is 17.9 Å². The number of ether oxygens (including phenoxy) is 1. The molecule has 0 aliphatic carbocycles. The van der Waals surface area contributed by atoms with Crippen LogP contribution in [0.4, 0.5) is 0 Å². The number of benzene rings is 1. The average Bonchev–Trinajstić information content (AvgIpc) is 2.41. The monoisotopic (exact) mass is 228 g/mol. The Morgan fingerprint density at radius 3 is 2.18 bits per heavy atom. The number of nitrogens with zero attached hydrogens (tertiary/aromatic N) is 2. The van der Waals surface area contributed by atoms with Gasteiger partial charge < -0.3 is 4.74 Å². The van der Waals surface area contributed by atoms with Crippen LogP contribution in [-0.2, 0) is 0 Å². The summed E-state index contributed by atoms with van der Waals surface area (Å²) in [5.74, 6) is -0.00765. The molecule has 0 aromatic heterocycles. The summed E-state index contributed by atoms with van der Waals surface area (Å²) in [6.07, 6.45) is 1.65. The maximum Gasteiger partial charge on any atom is 0.158 e. The lowest BCUT2D eigenvalue weighted by Gasteiger charge is -2.04. The van der Waals surface area contributed by atoms with Crippen molar-refractivity contribution in [3.05, 3.63) is 42.5 Å². The first-order chi connectivity index (χ1) is 8.31. The first kappa shape index (κ1) is 14.7. The van der Waals surface area contributed by atoms with E-state index in [9.17, 15) is 0 Å². The van der Waals surface area contributed by atoms with Gasteiger partial charge in [-0.1, -0.05) is 38.6 Å². The van der Waals surface area contributed by atoms with Crippen molar-refractivity contribution < 1.29 is 4.74 Å². The van der Waals surface area contributed by atoms with Crippen LogP contribution in [0.5, 0.6) is 5.75 Å². The highest BCUT2D eigenvalue weighted by atomic mass is 16.5. The number of hydrogen-bond acceptors (Lipinski definition) is 3. The molecule has 0 aliphatic heterocycles. The van der Waals surface area contributed by atoms with Gasteiger partial charge in [0.15, 0.2) is 5.92 Å². The van der Waals surface area contributed by atoms with Gasteiger partial charge in [-0.15, -0.1) is 0 Å². The molecule has 0 saturated carbocycles. The molecule has 1 aromatic carbocycles. The van der Waals surface area contributed by atoms with Crippen LogP contribution in [-0.4, -0.2) is 6.61 Å². The van der Waals surface area contributed by atoms with Gasteiger partial charge in [-0.05, 0) is 17.7 Å². The molecule has 0 amide bonds. The molecule has 0 heterocycles. The molecular formula is C14H16N2O. The third-order valence-corrected chi connectivity index (χ3v) is 1.84. The molecule has 1 aromatic rings. The second kappa shape index (κ2) is 9.00. The molecule has 0 fully saturated rings. The third kappa shape index (κ3) is 4.86. The van der Waals surface area contributed by atoms with Crippen LogP contribution in [0.3, 0.4) is 0 Å². The van der Waals surface area contributed by atoms with Gasteiger partial charge in [0.25, 0.3) is 0 Å². The van der Waals surface area contributed by atoms with Gasteiger partial charge in [0, 0.05) is 0 Å². The lowest BCUT2D eigenvalue weighted by molar-refractivity contribution is 0.363. The Labute approximate surface area is 103 Å². The minimum Gasteiger partial charge on any atom is -0.490 e. The highest BCUT2D eigenvalue weighted by Gasteiger charge is 2.08. The Morgan fingerprint density at radius 2 is 1.76 bits per heavy atom. The Bertz CT molecular complexity index is 395. The zero-order valence-electron chi connectivity index (χ0n) is 10.2. The van der Waals surface area contributed by atoms with E-state index in [0.717, 1.165) is 0 Å². The van der Waals surface area contributed by atoms with Crippen molar-refractivity contribution in [1.82, 2.24) is 0 Å². The van der Waals surface area contributed by atoms with Crippen molar-refractivity contribution in [2.45, 2.75) is 19.8 Å². The van der Waals surface area contributed by atoms with Crippen LogP contribution in [0.15, 0.2) is 36.9 Å². The molecule has 1 rings (SSSR count). The summed E-state index contributed by atoms with van der Waals surface area (Å²) in [5, 5.41) is 17.3. The van der Waals surface area contributed by atoms with Crippen molar-refractivity contribution in [2.24, 2.45) is 0 Å². The summed E-state index contributed by atoms with van der Waals surface area (Å²) >= 11 is 0. The molecule has 17 heavy (non-hydrogen) atoms. The second-order valence-corrected chi connectivity index (χ2v) is 2.86. The lowest BCUT2D eigenvalue weighted by atomic mass is 10.0. The van der Waals surface area contributed by atoms with Gasteiger partial charge in [0.1, 0.15) is 12.4 Å². The molecular weight excluding hydrogens is 212 g/mol. The van der Waals surface area contributed by atoms with Gasteiger partial charge in [-0.25, -0.2) is 0 Å². The predicted octanol–water partition coefficient (Wildman–Crippen LogP) is 3.41. The lowest BCUT2D eigenvalue weighted by Crippen LogP contribution is -1.94. The van der Waals surface area contributed by atoms with E-state index in [2.05, 4.69) is 6.58 Å². The number of nitriles is 2. The molecule has 0 unspecified atom stereocenters. The molecule has 3 heteroatoms. The summed E-state index contributed by atoms with van der Waals surface area (Å²) in [4.78, 5) is 0. The second-order valence-electron chi connectivity index (χ2n) is 2.86. The fourth-order valence-corrected chi connectivity index (χ4v) is 1.09. The van der Waals surface area contributed by atoms with Crippen LogP contribution in [0, 0.1) is 22.7 Å². The van der Waals surface area contributed by atoms with Crippen molar-refractivity contribution in [2.75, 3.05) is 6.61 Å². The van der Waals surface area contributed by atoms with E-state index < -0.39 is 5.92 Å². The van der Waals surface area contributed by atoms with Gasteiger partial charge in [-0.3, -0.25) is 0 Å². The largest absolute Gasteiger partial charge is 0.490 e. The first-order valence-electron chi connectivity index (χ1n) is 5.44. The van der Waals surface area contributed by atoms with E-state index in [1.807, 2.05) is 26.0 Å². The first-order valence-corrected chi connectivity index (χ1v) is 5.44. The third-order valence-electron chi connectivity index (χ3n) is 1.84. The smallest absolute Gasteiger partial charge is 0.158 e. The van der Waals surface area contributed by atoms with Gasteiger partial charge >= 0.3 is 0 Å². The molecule has 0 N–H and O–H groups in total. The van der Waals surface area contributed by atoms with Gasteiger partial charge in [-0.2, -0.15) is 10.5 Å². The highest BCUT2D eigenvalue weighted by molar-refractivity contribution is 5.35. The van der Waals surface area contributed by atoms with Crippen LogP contribution in [0.2, 0.25) is 0 Å². The van der Waals surface area contributed by atoms with Gasteiger partial charge in [0.05, 0.1) is 12.1 Å². The minimum absolute atomic E-state index is 0.444. The fraction of sp³-hybridized carbons (Fsp3) is 0.286. The Balaban J connectivity index is 0.00000121. The Hall–Kier alpha value is -2.26. The normalized spacial score (nSPS) is 8.29. The van der Waals surface area contributed by atoms with Crippen molar-refractivity contribution in [1.29, 1.82) is 10.5 Å². The summed E-state index contributed by atoms with van der Waals surface area (Å²) in [6, 6.07) is 10.7. The zero-order chi connectivity index (χ0) is 13.1. The van der Waals surface area contributed by atoms with Crippen molar-refractivity contribution >= 4 is 0 Å². The SMILES string of the molecule is C=CCOc1ccc(C(C#N)C#N)cc1.CC. The molecule has 88 valence electrons. The summed E-state index contributed by atoms with van der Waals surface area (Å²) in [6.45, 7) is 7.98. The van der Waals surface area contributed by atoms with Crippen LogP contribution < -0.4 is 4.74 Å². The predicted molar refractivity (Wildman–Crippen MR) is 67.4 cm³/mol. The minimum atomic E-state index is -0.710. The maximum atomic E-state index is 8.67. The van der Waals surface area contributed by atoms with Gasteiger partial charge in [0.2, 0.25) is 0 Å². The standard InChI is InChI=1S/C12H10N2O.C2H6/c1-2-7-15-12-5-3-10(4-6-12)11(8-13)9-14;1-2/h2-6,11H,1,7H2;1-2H3. The van der Waals surface area contributed by atoms with Crippen molar-refractivity contribution in [3.63, 3.8) is 0 Å². The molecule has 0 saturated heterocycles. The number of hydrogen-bond donors (Lipinski definition) is 0. The summed E-state index contributed by atoms with van der Waals surface area (Å²) in [5.41, 5.74) is 0.686. The van der Waals surface area contributed by atoms with E-state index in [-0.39, 0.29) is 0 Å². The maximum absolute atomic E-state index is 8.67. The van der Waals surface area contributed by atoms with Crippen LogP contribution >= 0.6 is 0 Å². The summed E-state index contributed by atoms with van der Waals surface area (Å²) < 4.78 is 5.27. The fourth-order valence-electron chi connectivity index (χ4n) is 1.09. The molecule has 0 radical (unpaired) electrons. The average molecular weight is 228 g/mol. The van der Waals surface area contributed by atoms with Crippen LogP contribution in [0.1, 0.15) is 25.3 Å². The molecule has 0 atom stereocenters. The highest BCUT2D eigenvalue weighted by Crippen LogP contribution is 2.18. The molecule has 3 nitrogen and oxygen atoms in total. The van der Waals surface area contributed by atoms with E-state index in [1.165, 1.54) is 0 Å². The Morgan fingerprint density at radius 1 is 1.24 bits per heavy atom. The molecule has 0 aliphatic rings. The zero-order valence-corrected chi connectivity index (χ0v) is 10.2. The van der Waals surface area contributed by atoms with E-state index in [0.29, 0.717) is 17.9 Å². The summed E-state index contributed by atoms with van der Waals surface area (Å²) in [7, 11) is 0. The topological polar surface area (TPSA) is 56.8 Å². The number of rotatable bonds is 4. The molecule has 0 bridgehead atoms. The van der Waals surface area contributed by atoms with E-state index >= 15 is 0 Å². The van der Waals surface area contributed by atoms with Crippen LogP contribution in [0.25, 0.3) is 0 Å². The Kier molecular flexibility index (Phi) is 7.80. The molecule has 0 spiro atoms. The quantitative estimate of drug-likeness (QED) is 0.742. The van der Waals surface area contributed by atoms with E-state index in [1.54, 1.807) is 30.3 Å². The van der Waals surface area contributed by atoms with E-state index in [4.69, 9.17) is 15.3 Å².